The van der Waals surface area contributed by atoms with Crippen molar-refractivity contribution in [3.63, 3.8) is 0 Å². The zero-order valence-electron chi connectivity index (χ0n) is 15.3. The zero-order chi connectivity index (χ0) is 21.1. The van der Waals surface area contributed by atoms with Crippen molar-refractivity contribution in [2.24, 2.45) is 0 Å². The Labute approximate surface area is 180 Å². The first kappa shape index (κ1) is 20.9. The van der Waals surface area contributed by atoms with Crippen LogP contribution in [0.5, 0.6) is 5.75 Å². The molecule has 0 aromatic heterocycles. The van der Waals surface area contributed by atoms with Crippen molar-refractivity contribution in [1.29, 1.82) is 0 Å². The molecule has 0 bridgehead atoms. The molecule has 1 heterocycles. The van der Waals surface area contributed by atoms with E-state index < -0.39 is 24.4 Å². The van der Waals surface area contributed by atoms with Gasteiger partial charge in [-0.2, -0.15) is 0 Å². The van der Waals surface area contributed by atoms with Crippen molar-refractivity contribution < 1.29 is 19.5 Å². The number of para-hydroxylation sites is 1. The Bertz CT molecular complexity index is 1020. The Kier molecular flexibility index (Phi) is 6.24. The third kappa shape index (κ3) is 4.60. The molecule has 3 rings (SSSR count). The number of aryl methyl sites for hydroxylation is 1. The molecular weight excluding hydrogens is 462 g/mol. The molecule has 7 nitrogen and oxygen atoms in total. The molecule has 9 heteroatoms. The molecule has 0 atom stereocenters. The van der Waals surface area contributed by atoms with E-state index in [0.29, 0.717) is 15.7 Å². The van der Waals surface area contributed by atoms with Crippen LogP contribution in [-0.4, -0.2) is 34.4 Å². The number of hydrogen-bond acceptors (Lipinski definition) is 4. The van der Waals surface area contributed by atoms with E-state index in [2.05, 4.69) is 26.6 Å². The predicted octanol–water partition coefficient (Wildman–Crippen LogP) is 3.90. The largest absolute Gasteiger partial charge is 0.505 e. The summed E-state index contributed by atoms with van der Waals surface area (Å²) in [5.74, 6) is -1.23. The van der Waals surface area contributed by atoms with Crippen LogP contribution in [0.2, 0.25) is 5.02 Å². The summed E-state index contributed by atoms with van der Waals surface area (Å²) in [5.41, 5.74) is 2.09. The molecule has 0 unspecified atom stereocenters. The molecule has 1 aliphatic heterocycles. The fourth-order valence-electron chi connectivity index (χ4n) is 2.83. The SMILES string of the molecule is CCc1ccccc1NC(=O)CN1C(=O)N/C(=C/c2cc(Cl)c(O)c(Br)c2)C1=O. The van der Waals surface area contributed by atoms with Crippen LogP contribution in [-0.2, 0) is 16.0 Å². The van der Waals surface area contributed by atoms with Gasteiger partial charge in [0.2, 0.25) is 5.91 Å². The molecule has 0 aliphatic carbocycles. The van der Waals surface area contributed by atoms with Crippen molar-refractivity contribution in [3.8, 4) is 5.75 Å². The van der Waals surface area contributed by atoms with Gasteiger partial charge in [-0.25, -0.2) is 9.69 Å². The molecule has 4 amide bonds. The molecule has 150 valence electrons. The normalized spacial score (nSPS) is 15.0. The second kappa shape index (κ2) is 8.67. The fraction of sp³-hybridized carbons (Fsp3) is 0.150. The number of nitrogens with one attached hydrogen (secondary N) is 2. The highest BCUT2D eigenvalue weighted by atomic mass is 79.9. The number of phenols is 1. The van der Waals surface area contributed by atoms with Crippen LogP contribution in [0.4, 0.5) is 10.5 Å². The highest BCUT2D eigenvalue weighted by Crippen LogP contribution is 2.33. The summed E-state index contributed by atoms with van der Waals surface area (Å²) < 4.78 is 0.347. The van der Waals surface area contributed by atoms with Gasteiger partial charge in [0.25, 0.3) is 5.91 Å². The van der Waals surface area contributed by atoms with Crippen molar-refractivity contribution >= 4 is 57.1 Å². The monoisotopic (exact) mass is 477 g/mol. The minimum absolute atomic E-state index is 0.00501. The minimum atomic E-state index is -0.691. The van der Waals surface area contributed by atoms with Crippen LogP contribution in [0.1, 0.15) is 18.1 Å². The van der Waals surface area contributed by atoms with E-state index in [1.54, 1.807) is 18.2 Å². The third-order valence-electron chi connectivity index (χ3n) is 4.29. The number of carbonyl (C=O) groups excluding carboxylic acids is 3. The first-order valence-corrected chi connectivity index (χ1v) is 9.87. The lowest BCUT2D eigenvalue weighted by molar-refractivity contribution is -0.127. The summed E-state index contributed by atoms with van der Waals surface area (Å²) in [6.45, 7) is 1.55. The number of rotatable bonds is 5. The highest BCUT2D eigenvalue weighted by Gasteiger charge is 2.35. The Morgan fingerprint density at radius 3 is 2.72 bits per heavy atom. The number of amides is 4. The standard InChI is InChI=1S/C20H17BrClN3O4/c1-2-12-5-3-4-6-15(12)23-17(26)10-25-19(28)16(24-20(25)29)9-11-7-13(21)18(27)14(22)8-11/h3-9,27H,2,10H2,1H3,(H,23,26)(H,24,29)/b16-9+. The number of imide groups is 1. The smallest absolute Gasteiger partial charge is 0.329 e. The highest BCUT2D eigenvalue weighted by molar-refractivity contribution is 9.10. The number of anilines is 1. The molecule has 1 fully saturated rings. The van der Waals surface area contributed by atoms with E-state index in [1.807, 2.05) is 19.1 Å². The van der Waals surface area contributed by atoms with E-state index in [9.17, 15) is 19.5 Å². The number of phenolic OH excluding ortho intramolecular Hbond substituents is 1. The second-order valence-corrected chi connectivity index (χ2v) is 7.53. The first-order valence-electron chi connectivity index (χ1n) is 8.70. The lowest BCUT2D eigenvalue weighted by atomic mass is 10.1. The third-order valence-corrected chi connectivity index (χ3v) is 5.18. The lowest BCUT2D eigenvalue weighted by Crippen LogP contribution is -2.38. The van der Waals surface area contributed by atoms with Gasteiger partial charge in [-0.15, -0.1) is 0 Å². The van der Waals surface area contributed by atoms with Gasteiger partial charge >= 0.3 is 6.03 Å². The average molecular weight is 479 g/mol. The lowest BCUT2D eigenvalue weighted by Gasteiger charge is -2.13. The topological polar surface area (TPSA) is 98.7 Å². The van der Waals surface area contributed by atoms with E-state index in [0.717, 1.165) is 16.9 Å². The summed E-state index contributed by atoms with van der Waals surface area (Å²) in [4.78, 5) is 37.9. The van der Waals surface area contributed by atoms with Crippen molar-refractivity contribution in [2.75, 3.05) is 11.9 Å². The molecule has 1 aliphatic rings. The fourth-order valence-corrected chi connectivity index (χ4v) is 3.65. The van der Waals surface area contributed by atoms with Crippen LogP contribution >= 0.6 is 27.5 Å². The Hall–Kier alpha value is -2.84. The quantitative estimate of drug-likeness (QED) is 0.448. The van der Waals surface area contributed by atoms with Crippen molar-refractivity contribution in [3.05, 3.63) is 62.7 Å². The molecular formula is C20H17BrClN3O4. The van der Waals surface area contributed by atoms with E-state index in [-0.39, 0.29) is 16.5 Å². The van der Waals surface area contributed by atoms with Gasteiger partial charge in [0.05, 0.1) is 9.50 Å². The summed E-state index contributed by atoms with van der Waals surface area (Å²) in [5, 5.41) is 15.0. The van der Waals surface area contributed by atoms with Gasteiger partial charge in [0, 0.05) is 5.69 Å². The second-order valence-electron chi connectivity index (χ2n) is 6.27. The van der Waals surface area contributed by atoms with Crippen LogP contribution < -0.4 is 10.6 Å². The van der Waals surface area contributed by atoms with Crippen LogP contribution in [0.3, 0.4) is 0 Å². The number of halogens is 2. The summed E-state index contributed by atoms with van der Waals surface area (Å²) >= 11 is 9.09. The molecule has 2 aromatic rings. The average Bonchev–Trinajstić information content (AvgIpc) is 2.93. The van der Waals surface area contributed by atoms with Crippen molar-refractivity contribution in [2.45, 2.75) is 13.3 Å². The Morgan fingerprint density at radius 1 is 1.31 bits per heavy atom. The van der Waals surface area contributed by atoms with Gasteiger partial charge in [-0.3, -0.25) is 9.59 Å². The summed E-state index contributed by atoms with van der Waals surface area (Å²) in [6, 6.07) is 9.63. The molecule has 0 saturated carbocycles. The molecule has 1 saturated heterocycles. The molecule has 2 aromatic carbocycles. The maximum Gasteiger partial charge on any atom is 0.329 e. The van der Waals surface area contributed by atoms with Gasteiger partial charge in [0.1, 0.15) is 18.0 Å². The molecule has 0 spiro atoms. The van der Waals surface area contributed by atoms with E-state index >= 15 is 0 Å². The number of nitrogens with zero attached hydrogens (tertiary/aromatic N) is 1. The molecule has 29 heavy (non-hydrogen) atoms. The summed E-state index contributed by atoms with van der Waals surface area (Å²) in [6.07, 6.45) is 2.15. The van der Waals surface area contributed by atoms with Gasteiger partial charge < -0.3 is 15.7 Å². The Morgan fingerprint density at radius 2 is 2.03 bits per heavy atom. The van der Waals surface area contributed by atoms with E-state index in [4.69, 9.17) is 11.6 Å². The zero-order valence-corrected chi connectivity index (χ0v) is 17.7. The maximum absolute atomic E-state index is 12.6. The van der Waals surface area contributed by atoms with Crippen LogP contribution in [0, 0.1) is 0 Å². The minimum Gasteiger partial charge on any atom is -0.505 e. The predicted molar refractivity (Wildman–Crippen MR) is 113 cm³/mol. The van der Waals surface area contributed by atoms with Crippen LogP contribution in [0.25, 0.3) is 6.08 Å². The number of hydrogen-bond donors (Lipinski definition) is 3. The summed E-state index contributed by atoms with van der Waals surface area (Å²) in [7, 11) is 0. The number of aromatic hydroxyl groups is 1. The molecule has 0 radical (unpaired) electrons. The van der Waals surface area contributed by atoms with E-state index in [1.165, 1.54) is 12.1 Å². The number of urea groups is 1. The number of benzene rings is 2. The number of carbonyl (C=O) groups is 3. The van der Waals surface area contributed by atoms with Gasteiger partial charge in [-0.05, 0) is 57.8 Å². The first-order chi connectivity index (χ1) is 13.8. The Balaban J connectivity index is 1.74. The van der Waals surface area contributed by atoms with Gasteiger partial charge in [-0.1, -0.05) is 36.7 Å². The maximum atomic E-state index is 12.6. The van der Waals surface area contributed by atoms with Gasteiger partial charge in [0.15, 0.2) is 0 Å². The van der Waals surface area contributed by atoms with Crippen molar-refractivity contribution in [1.82, 2.24) is 10.2 Å². The van der Waals surface area contributed by atoms with Crippen LogP contribution in [0.15, 0.2) is 46.6 Å². The molecule has 3 N–H and O–H groups in total.